The van der Waals surface area contributed by atoms with Crippen LogP contribution in [0.25, 0.3) is 0 Å². The van der Waals surface area contributed by atoms with Gasteiger partial charge in [-0.25, -0.2) is 0 Å². The maximum Gasteiger partial charge on any atom is 0.0651 e. The largest absolute Gasteiger partial charge is 0.301 e. The highest BCUT2D eigenvalue weighted by molar-refractivity contribution is 4.90. The van der Waals surface area contributed by atoms with Gasteiger partial charge in [-0.05, 0) is 39.2 Å². The fraction of sp³-hybridized carbons (Fsp3) is 1.00. The molecule has 0 amide bonds. The second kappa shape index (κ2) is 3.82. The zero-order valence-electron chi connectivity index (χ0n) is 10.6. The molecule has 0 aromatic heterocycles. The van der Waals surface area contributed by atoms with Gasteiger partial charge in [0, 0.05) is 12.1 Å². The number of nitrogens with zero attached hydrogens (tertiary/aromatic N) is 1. The zero-order chi connectivity index (χ0) is 11.0. The molecule has 0 aromatic carbocycles. The van der Waals surface area contributed by atoms with Crippen LogP contribution in [-0.4, -0.2) is 29.7 Å². The van der Waals surface area contributed by atoms with Crippen LogP contribution in [0.4, 0.5) is 0 Å². The Labute approximate surface area is 89.1 Å². The van der Waals surface area contributed by atoms with Crippen molar-refractivity contribution in [2.45, 2.75) is 59.7 Å². The summed E-state index contributed by atoms with van der Waals surface area (Å²) in [6, 6.07) is 0. The third kappa shape index (κ3) is 2.71. The molecule has 0 saturated carbocycles. The lowest BCUT2D eigenvalue weighted by molar-refractivity contribution is -0.0173. The first-order chi connectivity index (χ1) is 6.23. The van der Waals surface area contributed by atoms with Crippen molar-refractivity contribution in [1.82, 2.24) is 10.2 Å². The topological polar surface area (TPSA) is 15.3 Å². The molecule has 84 valence electrons. The fourth-order valence-corrected chi connectivity index (χ4v) is 2.22. The summed E-state index contributed by atoms with van der Waals surface area (Å²) in [6.45, 7) is 16.2. The van der Waals surface area contributed by atoms with Crippen LogP contribution in [0.2, 0.25) is 0 Å². The Bertz CT molecular complexity index is 163. The molecule has 14 heavy (non-hydrogen) atoms. The van der Waals surface area contributed by atoms with Gasteiger partial charge >= 0.3 is 0 Å². The van der Waals surface area contributed by atoms with E-state index in [1.54, 1.807) is 0 Å². The van der Waals surface area contributed by atoms with Crippen LogP contribution >= 0.6 is 0 Å². The summed E-state index contributed by atoms with van der Waals surface area (Å²) in [7, 11) is 0. The normalized spacial score (nSPS) is 26.6. The molecule has 1 N–H and O–H groups in total. The van der Waals surface area contributed by atoms with Gasteiger partial charge in [-0.2, -0.15) is 0 Å². The number of nitrogens with one attached hydrogen (secondary N) is 1. The lowest BCUT2D eigenvalue weighted by Crippen LogP contribution is -2.63. The summed E-state index contributed by atoms with van der Waals surface area (Å²) in [4.78, 5) is 2.59. The molecular weight excluding hydrogens is 172 g/mol. The van der Waals surface area contributed by atoms with E-state index in [0.29, 0.717) is 11.6 Å². The Morgan fingerprint density at radius 2 is 1.64 bits per heavy atom. The van der Waals surface area contributed by atoms with Gasteiger partial charge in [0.05, 0.1) is 6.17 Å². The van der Waals surface area contributed by atoms with E-state index in [1.807, 2.05) is 0 Å². The van der Waals surface area contributed by atoms with Crippen molar-refractivity contribution in [3.63, 3.8) is 0 Å². The molecule has 0 aliphatic carbocycles. The van der Waals surface area contributed by atoms with Crippen molar-refractivity contribution in [2.24, 2.45) is 5.41 Å². The van der Waals surface area contributed by atoms with E-state index in [0.717, 1.165) is 6.54 Å². The summed E-state index contributed by atoms with van der Waals surface area (Å²) in [5.74, 6) is 0. The van der Waals surface area contributed by atoms with Gasteiger partial charge in [-0.3, -0.25) is 4.90 Å². The first kappa shape index (κ1) is 12.0. The SMILES string of the molecule is CC(C)(C)C1NCCCN1C(C)(C)C. The smallest absolute Gasteiger partial charge is 0.0651 e. The van der Waals surface area contributed by atoms with Gasteiger partial charge in [0.2, 0.25) is 0 Å². The molecule has 1 aliphatic rings. The number of hydrogen-bond acceptors (Lipinski definition) is 2. The molecule has 0 spiro atoms. The van der Waals surface area contributed by atoms with Crippen molar-refractivity contribution in [3.05, 3.63) is 0 Å². The monoisotopic (exact) mass is 198 g/mol. The Kier molecular flexibility index (Phi) is 3.27. The van der Waals surface area contributed by atoms with E-state index >= 15 is 0 Å². The zero-order valence-corrected chi connectivity index (χ0v) is 10.6. The maximum atomic E-state index is 3.64. The lowest BCUT2D eigenvalue weighted by atomic mass is 9.87. The summed E-state index contributed by atoms with van der Waals surface area (Å²) in [5, 5.41) is 3.64. The highest BCUT2D eigenvalue weighted by Gasteiger charge is 2.37. The molecule has 1 saturated heterocycles. The van der Waals surface area contributed by atoms with Crippen LogP contribution in [-0.2, 0) is 0 Å². The molecule has 2 heteroatoms. The first-order valence-electron chi connectivity index (χ1n) is 5.73. The standard InChI is InChI=1S/C12H26N2/c1-11(2,3)10-13-8-7-9-14(10)12(4,5)6/h10,13H,7-9H2,1-6H3. The van der Waals surface area contributed by atoms with Gasteiger partial charge in [0.15, 0.2) is 0 Å². The van der Waals surface area contributed by atoms with Crippen LogP contribution in [0.15, 0.2) is 0 Å². The number of hydrogen-bond donors (Lipinski definition) is 1. The highest BCUT2D eigenvalue weighted by Crippen LogP contribution is 2.29. The predicted octanol–water partition coefficient (Wildman–Crippen LogP) is 2.45. The molecule has 1 unspecified atom stereocenters. The average Bonchev–Trinajstić information content (AvgIpc) is 2.01. The van der Waals surface area contributed by atoms with Crippen molar-refractivity contribution < 1.29 is 0 Å². The minimum Gasteiger partial charge on any atom is -0.301 e. The van der Waals surface area contributed by atoms with Crippen molar-refractivity contribution in [2.75, 3.05) is 13.1 Å². The van der Waals surface area contributed by atoms with E-state index in [1.165, 1.54) is 13.0 Å². The second-order valence-electron chi connectivity index (χ2n) is 6.44. The molecule has 2 nitrogen and oxygen atoms in total. The molecule has 1 fully saturated rings. The Hall–Kier alpha value is -0.0800. The van der Waals surface area contributed by atoms with Crippen molar-refractivity contribution in [3.8, 4) is 0 Å². The van der Waals surface area contributed by atoms with E-state index in [-0.39, 0.29) is 5.54 Å². The first-order valence-corrected chi connectivity index (χ1v) is 5.73. The Morgan fingerprint density at radius 1 is 1.07 bits per heavy atom. The molecule has 1 aliphatic heterocycles. The van der Waals surface area contributed by atoms with E-state index in [2.05, 4.69) is 51.8 Å². The minimum absolute atomic E-state index is 0.269. The van der Waals surface area contributed by atoms with Crippen molar-refractivity contribution >= 4 is 0 Å². The molecule has 0 bridgehead atoms. The summed E-state index contributed by atoms with van der Waals surface area (Å²) >= 11 is 0. The molecular formula is C12H26N2. The molecule has 1 heterocycles. The third-order valence-corrected chi connectivity index (χ3v) is 2.91. The Balaban J connectivity index is 2.80. The van der Waals surface area contributed by atoms with Crippen LogP contribution in [0.5, 0.6) is 0 Å². The van der Waals surface area contributed by atoms with Crippen LogP contribution in [0.1, 0.15) is 48.0 Å². The Morgan fingerprint density at radius 3 is 2.00 bits per heavy atom. The lowest BCUT2D eigenvalue weighted by Gasteiger charge is -2.50. The van der Waals surface area contributed by atoms with Crippen molar-refractivity contribution in [1.29, 1.82) is 0 Å². The maximum absolute atomic E-state index is 3.64. The average molecular weight is 198 g/mol. The van der Waals surface area contributed by atoms with E-state index in [4.69, 9.17) is 0 Å². The van der Waals surface area contributed by atoms with Crippen LogP contribution in [0, 0.1) is 5.41 Å². The van der Waals surface area contributed by atoms with Crippen LogP contribution in [0.3, 0.4) is 0 Å². The number of rotatable bonds is 0. The van der Waals surface area contributed by atoms with Gasteiger partial charge in [0.25, 0.3) is 0 Å². The minimum atomic E-state index is 0.269. The fourth-order valence-electron chi connectivity index (χ4n) is 2.22. The van der Waals surface area contributed by atoms with Crippen LogP contribution < -0.4 is 5.32 Å². The van der Waals surface area contributed by atoms with Gasteiger partial charge in [-0.15, -0.1) is 0 Å². The summed E-state index contributed by atoms with van der Waals surface area (Å²) < 4.78 is 0. The second-order valence-corrected chi connectivity index (χ2v) is 6.44. The van der Waals surface area contributed by atoms with E-state index in [9.17, 15) is 0 Å². The third-order valence-electron chi connectivity index (χ3n) is 2.91. The summed E-state index contributed by atoms with van der Waals surface area (Å²) in [6.07, 6.45) is 1.78. The van der Waals surface area contributed by atoms with E-state index < -0.39 is 0 Å². The van der Waals surface area contributed by atoms with Gasteiger partial charge in [0.1, 0.15) is 0 Å². The molecule has 1 atom stereocenters. The highest BCUT2D eigenvalue weighted by atomic mass is 15.3. The molecule has 1 rings (SSSR count). The molecule has 0 aromatic rings. The summed E-state index contributed by atoms with van der Waals surface area (Å²) in [5.41, 5.74) is 0.582. The quantitative estimate of drug-likeness (QED) is 0.643. The van der Waals surface area contributed by atoms with Gasteiger partial charge < -0.3 is 5.32 Å². The molecule has 0 radical (unpaired) electrons. The van der Waals surface area contributed by atoms with Gasteiger partial charge in [-0.1, -0.05) is 20.8 Å². The predicted molar refractivity (Wildman–Crippen MR) is 62.3 cm³/mol.